The van der Waals surface area contributed by atoms with Gasteiger partial charge in [-0.1, -0.05) is 0 Å². The van der Waals surface area contributed by atoms with Crippen molar-refractivity contribution in [2.75, 3.05) is 24.9 Å². The van der Waals surface area contributed by atoms with E-state index in [0.717, 1.165) is 5.01 Å². The quantitative estimate of drug-likeness (QED) is 0.395. The van der Waals surface area contributed by atoms with Crippen LogP contribution in [0.1, 0.15) is 0 Å². The third-order valence-electron chi connectivity index (χ3n) is 2.46. The second-order valence-corrected chi connectivity index (χ2v) is 3.87. The van der Waals surface area contributed by atoms with Crippen LogP contribution in [-0.2, 0) is 0 Å². The summed E-state index contributed by atoms with van der Waals surface area (Å²) in [6.45, 7) is 0. The lowest BCUT2D eigenvalue weighted by atomic mass is 10.2. The van der Waals surface area contributed by atoms with Crippen LogP contribution in [0.3, 0.4) is 0 Å². The molecular weight excluding hydrogens is 248 g/mol. The van der Waals surface area contributed by atoms with Crippen molar-refractivity contribution in [1.82, 2.24) is 15.0 Å². The molecule has 0 atom stereocenters. The number of aromatic nitrogens is 3. The number of hydrazine groups is 1. The van der Waals surface area contributed by atoms with Crippen LogP contribution in [0.4, 0.5) is 11.6 Å². The molecule has 0 spiro atoms. The highest BCUT2D eigenvalue weighted by atomic mass is 16.5. The van der Waals surface area contributed by atoms with E-state index in [4.69, 9.17) is 16.3 Å². The van der Waals surface area contributed by atoms with E-state index in [9.17, 15) is 4.79 Å². The maximum Gasteiger partial charge on any atom is 0.349 e. The molecule has 0 aliphatic rings. The molecule has 2 aromatic rings. The van der Waals surface area contributed by atoms with Crippen LogP contribution in [0.2, 0.25) is 0 Å². The number of nitrogen functional groups attached to an aromatic ring is 1. The van der Waals surface area contributed by atoms with Crippen molar-refractivity contribution in [1.29, 1.82) is 0 Å². The van der Waals surface area contributed by atoms with Gasteiger partial charge in [0.25, 0.3) is 0 Å². The van der Waals surface area contributed by atoms with E-state index < -0.39 is 5.69 Å². The van der Waals surface area contributed by atoms with Gasteiger partial charge < -0.3 is 10.5 Å². The number of nitrogens with two attached hydrogens (primary N) is 2. The Morgan fingerprint density at radius 2 is 2.11 bits per heavy atom. The molecule has 19 heavy (non-hydrogen) atoms. The highest BCUT2D eigenvalue weighted by molar-refractivity contribution is 5.65. The summed E-state index contributed by atoms with van der Waals surface area (Å²) < 4.78 is 5.12. The summed E-state index contributed by atoms with van der Waals surface area (Å²) in [5.74, 6) is 6.48. The lowest BCUT2D eigenvalue weighted by molar-refractivity contribution is 0.417. The SMILES string of the molecule is COc1cc(-c2nc(N(C)N)nc(=O)[nH]2)ccc1N. The molecule has 1 aromatic carbocycles. The molecule has 8 heteroatoms. The largest absolute Gasteiger partial charge is 0.495 e. The van der Waals surface area contributed by atoms with Gasteiger partial charge >= 0.3 is 5.69 Å². The summed E-state index contributed by atoms with van der Waals surface area (Å²) in [5.41, 5.74) is 6.34. The Bertz CT molecular complexity index is 652. The lowest BCUT2D eigenvalue weighted by Gasteiger charge is -2.11. The van der Waals surface area contributed by atoms with E-state index in [2.05, 4.69) is 15.0 Å². The number of hydrogen-bond donors (Lipinski definition) is 3. The summed E-state index contributed by atoms with van der Waals surface area (Å²) >= 11 is 0. The van der Waals surface area contributed by atoms with Gasteiger partial charge in [0.15, 0.2) is 0 Å². The third-order valence-corrected chi connectivity index (χ3v) is 2.46. The minimum atomic E-state index is -0.534. The molecule has 1 heterocycles. The second-order valence-electron chi connectivity index (χ2n) is 3.87. The number of methoxy groups -OCH3 is 1. The predicted molar refractivity (Wildman–Crippen MR) is 71.6 cm³/mol. The zero-order valence-electron chi connectivity index (χ0n) is 10.5. The van der Waals surface area contributed by atoms with E-state index >= 15 is 0 Å². The number of aromatic amines is 1. The fourth-order valence-corrected chi connectivity index (χ4v) is 1.53. The van der Waals surface area contributed by atoms with Crippen molar-refractivity contribution < 1.29 is 4.74 Å². The van der Waals surface area contributed by atoms with E-state index in [1.165, 1.54) is 7.11 Å². The van der Waals surface area contributed by atoms with Gasteiger partial charge in [0.2, 0.25) is 5.95 Å². The molecular formula is C11H14N6O2. The monoisotopic (exact) mass is 262 g/mol. The Hall–Kier alpha value is -2.61. The molecule has 0 aliphatic carbocycles. The maximum atomic E-state index is 11.5. The fourth-order valence-electron chi connectivity index (χ4n) is 1.53. The molecule has 0 fully saturated rings. The molecule has 8 nitrogen and oxygen atoms in total. The molecule has 0 saturated carbocycles. The van der Waals surface area contributed by atoms with E-state index in [1.807, 2.05) is 0 Å². The average Bonchev–Trinajstić information content (AvgIpc) is 2.38. The summed E-state index contributed by atoms with van der Waals surface area (Å²) in [4.78, 5) is 21.8. The van der Waals surface area contributed by atoms with Crippen molar-refractivity contribution in [2.45, 2.75) is 0 Å². The highest BCUT2D eigenvalue weighted by Gasteiger charge is 2.09. The molecule has 100 valence electrons. The number of nitrogens with zero attached hydrogens (tertiary/aromatic N) is 3. The molecule has 0 unspecified atom stereocenters. The second kappa shape index (κ2) is 4.94. The summed E-state index contributed by atoms with van der Waals surface area (Å²) in [6.07, 6.45) is 0. The van der Waals surface area contributed by atoms with Crippen LogP contribution < -0.4 is 27.0 Å². The highest BCUT2D eigenvalue weighted by Crippen LogP contribution is 2.26. The van der Waals surface area contributed by atoms with Crippen LogP contribution in [-0.4, -0.2) is 29.1 Å². The predicted octanol–water partition coefficient (Wildman–Crippen LogP) is -0.267. The first-order valence-corrected chi connectivity index (χ1v) is 5.42. The number of H-pyrrole nitrogens is 1. The van der Waals surface area contributed by atoms with Crippen LogP contribution in [0.5, 0.6) is 5.75 Å². The topological polar surface area (TPSA) is 123 Å². The Morgan fingerprint density at radius 1 is 1.37 bits per heavy atom. The van der Waals surface area contributed by atoms with Crippen LogP contribution in [0.15, 0.2) is 23.0 Å². The van der Waals surface area contributed by atoms with Crippen LogP contribution in [0.25, 0.3) is 11.4 Å². The van der Waals surface area contributed by atoms with Crippen LogP contribution in [0, 0.1) is 0 Å². The van der Waals surface area contributed by atoms with Gasteiger partial charge in [-0.3, -0.25) is 9.99 Å². The number of hydrogen-bond acceptors (Lipinski definition) is 7. The van der Waals surface area contributed by atoms with Gasteiger partial charge in [-0.05, 0) is 18.2 Å². The number of rotatable bonds is 3. The van der Waals surface area contributed by atoms with Crippen molar-refractivity contribution in [3.63, 3.8) is 0 Å². The Labute approximate surface area is 109 Å². The molecule has 0 saturated heterocycles. The molecule has 0 amide bonds. The summed E-state index contributed by atoms with van der Waals surface area (Å²) in [7, 11) is 3.05. The number of ether oxygens (including phenoxy) is 1. The van der Waals surface area contributed by atoms with E-state index in [-0.39, 0.29) is 5.95 Å². The van der Waals surface area contributed by atoms with Crippen molar-refractivity contribution in [3.05, 3.63) is 28.7 Å². The Morgan fingerprint density at radius 3 is 2.74 bits per heavy atom. The standard InChI is InChI=1S/C11H14N6O2/c1-17(13)10-14-9(15-11(18)16-10)6-3-4-7(12)8(5-6)19-2/h3-5H,12-13H2,1-2H3,(H,14,15,16,18). The fraction of sp³-hybridized carbons (Fsp3) is 0.182. The minimum absolute atomic E-state index is 0.120. The smallest absolute Gasteiger partial charge is 0.349 e. The molecule has 2 rings (SSSR count). The van der Waals surface area contributed by atoms with E-state index in [0.29, 0.717) is 22.8 Å². The zero-order chi connectivity index (χ0) is 14.0. The normalized spacial score (nSPS) is 10.3. The number of benzene rings is 1. The van der Waals surface area contributed by atoms with Crippen molar-refractivity contribution in [3.8, 4) is 17.1 Å². The number of nitrogens with one attached hydrogen (secondary N) is 1. The molecule has 0 aliphatic heterocycles. The lowest BCUT2D eigenvalue weighted by Crippen LogP contribution is -2.30. The van der Waals surface area contributed by atoms with Gasteiger partial charge in [-0.15, -0.1) is 0 Å². The van der Waals surface area contributed by atoms with Gasteiger partial charge in [-0.25, -0.2) is 10.6 Å². The van der Waals surface area contributed by atoms with Crippen molar-refractivity contribution >= 4 is 11.6 Å². The van der Waals surface area contributed by atoms with Crippen molar-refractivity contribution in [2.24, 2.45) is 5.84 Å². The number of anilines is 2. The third kappa shape index (κ3) is 2.63. The van der Waals surface area contributed by atoms with Gasteiger partial charge in [0.05, 0.1) is 12.8 Å². The summed E-state index contributed by atoms with van der Waals surface area (Å²) in [6, 6.07) is 5.06. The zero-order valence-corrected chi connectivity index (χ0v) is 10.5. The molecule has 1 aromatic heterocycles. The molecule has 0 radical (unpaired) electrons. The average molecular weight is 262 g/mol. The first-order chi connectivity index (χ1) is 9.01. The Kier molecular flexibility index (Phi) is 3.34. The first kappa shape index (κ1) is 12.8. The van der Waals surface area contributed by atoms with E-state index in [1.54, 1.807) is 25.2 Å². The Balaban J connectivity index is 2.55. The maximum absolute atomic E-state index is 11.5. The van der Waals surface area contributed by atoms with Gasteiger partial charge in [-0.2, -0.15) is 9.97 Å². The van der Waals surface area contributed by atoms with Crippen LogP contribution >= 0.6 is 0 Å². The van der Waals surface area contributed by atoms with Gasteiger partial charge in [0.1, 0.15) is 11.6 Å². The first-order valence-electron chi connectivity index (χ1n) is 5.42. The molecule has 0 bridgehead atoms. The minimum Gasteiger partial charge on any atom is -0.495 e. The summed E-state index contributed by atoms with van der Waals surface area (Å²) in [5, 5.41) is 1.16. The van der Waals surface area contributed by atoms with Gasteiger partial charge in [0, 0.05) is 12.6 Å². The molecule has 5 N–H and O–H groups in total.